The minimum Gasteiger partial charge on any atom is -0.370 e. The number of rotatable bonds is 2. The van der Waals surface area contributed by atoms with Gasteiger partial charge in [0.2, 0.25) is 0 Å². The first kappa shape index (κ1) is 11.5. The van der Waals surface area contributed by atoms with Crippen LogP contribution in [0.25, 0.3) is 0 Å². The number of hydrogen-bond donors (Lipinski definition) is 1. The van der Waals surface area contributed by atoms with E-state index >= 15 is 0 Å². The highest BCUT2D eigenvalue weighted by Crippen LogP contribution is 2.41. The Balaban J connectivity index is 2.01. The second-order valence-corrected chi connectivity index (χ2v) is 5.51. The summed E-state index contributed by atoms with van der Waals surface area (Å²) in [4.78, 5) is 6.52. The lowest BCUT2D eigenvalue weighted by molar-refractivity contribution is 0.215. The van der Waals surface area contributed by atoms with Crippen molar-refractivity contribution in [3.8, 4) is 0 Å². The van der Waals surface area contributed by atoms with Crippen LogP contribution in [0.5, 0.6) is 0 Å². The van der Waals surface area contributed by atoms with Crippen LogP contribution in [-0.4, -0.2) is 23.4 Å². The van der Waals surface area contributed by atoms with Gasteiger partial charge in [-0.3, -0.25) is 4.99 Å². The normalized spacial score (nSPS) is 27.5. The number of hydrogen-bond acceptors (Lipinski definition) is 3. The van der Waals surface area contributed by atoms with Gasteiger partial charge in [0, 0.05) is 6.04 Å². The largest absolute Gasteiger partial charge is 0.370 e. The van der Waals surface area contributed by atoms with Gasteiger partial charge in [-0.1, -0.05) is 12.1 Å². The molecule has 3 rings (SSSR count). The second kappa shape index (κ2) is 3.70. The number of nitrogens with zero attached hydrogens (tertiary/aromatic N) is 2. The zero-order valence-corrected chi connectivity index (χ0v) is 10.8. The van der Waals surface area contributed by atoms with E-state index in [4.69, 9.17) is 5.73 Å². The predicted molar refractivity (Wildman–Crippen MR) is 69.8 cm³/mol. The van der Waals surface area contributed by atoms with Crippen molar-refractivity contribution in [2.24, 2.45) is 10.7 Å². The minimum absolute atomic E-state index is 0.157. The highest BCUT2D eigenvalue weighted by molar-refractivity contribution is 5.82. The molecular formula is C14H18FN3. The van der Waals surface area contributed by atoms with E-state index < -0.39 is 0 Å². The monoisotopic (exact) mass is 247 g/mol. The molecule has 0 spiro atoms. The summed E-state index contributed by atoms with van der Waals surface area (Å²) in [5.74, 6) is 0.441. The van der Waals surface area contributed by atoms with Crippen molar-refractivity contribution < 1.29 is 4.39 Å². The van der Waals surface area contributed by atoms with E-state index in [-0.39, 0.29) is 11.4 Å². The van der Waals surface area contributed by atoms with Gasteiger partial charge in [-0.05, 0) is 43.9 Å². The first-order valence-electron chi connectivity index (χ1n) is 6.38. The quantitative estimate of drug-likeness (QED) is 0.870. The molecule has 1 fully saturated rings. The van der Waals surface area contributed by atoms with Crippen molar-refractivity contribution in [1.29, 1.82) is 0 Å². The zero-order valence-electron chi connectivity index (χ0n) is 10.8. The van der Waals surface area contributed by atoms with E-state index in [1.807, 2.05) is 12.1 Å². The fourth-order valence-electron chi connectivity index (χ4n) is 2.72. The molecule has 96 valence electrons. The maximum absolute atomic E-state index is 13.8. The van der Waals surface area contributed by atoms with Gasteiger partial charge in [-0.25, -0.2) is 4.39 Å². The van der Waals surface area contributed by atoms with Crippen LogP contribution in [0.15, 0.2) is 23.2 Å². The first-order chi connectivity index (χ1) is 8.52. The Morgan fingerprint density at radius 1 is 1.44 bits per heavy atom. The molecule has 2 N–H and O–H groups in total. The number of aryl methyl sites for hydroxylation is 1. The lowest BCUT2D eigenvalue weighted by Crippen LogP contribution is -2.48. The van der Waals surface area contributed by atoms with Gasteiger partial charge < -0.3 is 10.6 Å². The standard InChI is InChI=1S/C14H18FN3/c1-9-3-4-10(7-12(9)15)14(2)8-17-13(16)18(14)11-5-6-11/h3-4,7,11H,5-6,8H2,1-2H3,(H2,16,17). The number of nitrogens with two attached hydrogens (primary N) is 1. The summed E-state index contributed by atoms with van der Waals surface area (Å²) in [6.07, 6.45) is 2.31. The zero-order chi connectivity index (χ0) is 12.9. The molecule has 18 heavy (non-hydrogen) atoms. The maximum Gasteiger partial charge on any atom is 0.192 e. The average Bonchev–Trinajstić information content (AvgIpc) is 3.10. The molecular weight excluding hydrogens is 229 g/mol. The summed E-state index contributed by atoms with van der Waals surface area (Å²) in [7, 11) is 0. The molecule has 3 nitrogen and oxygen atoms in total. The topological polar surface area (TPSA) is 41.6 Å². The van der Waals surface area contributed by atoms with Crippen molar-refractivity contribution in [1.82, 2.24) is 4.90 Å². The Bertz CT molecular complexity index is 522. The molecule has 0 saturated heterocycles. The molecule has 1 heterocycles. The predicted octanol–water partition coefficient (Wildman–Crippen LogP) is 2.14. The first-order valence-corrected chi connectivity index (χ1v) is 6.38. The third kappa shape index (κ3) is 1.59. The number of halogens is 1. The van der Waals surface area contributed by atoms with Crippen LogP contribution < -0.4 is 5.73 Å². The van der Waals surface area contributed by atoms with Gasteiger partial charge in [0.1, 0.15) is 5.82 Å². The van der Waals surface area contributed by atoms with E-state index in [2.05, 4.69) is 16.8 Å². The smallest absolute Gasteiger partial charge is 0.192 e. The van der Waals surface area contributed by atoms with Crippen LogP contribution in [0.1, 0.15) is 30.9 Å². The molecule has 1 unspecified atom stereocenters. The van der Waals surface area contributed by atoms with Gasteiger partial charge in [-0.2, -0.15) is 0 Å². The fraction of sp³-hybridized carbons (Fsp3) is 0.500. The van der Waals surface area contributed by atoms with E-state index in [0.717, 1.165) is 18.4 Å². The van der Waals surface area contributed by atoms with Crippen LogP contribution in [-0.2, 0) is 5.54 Å². The number of guanidine groups is 1. The third-order valence-corrected chi connectivity index (χ3v) is 4.03. The van der Waals surface area contributed by atoms with E-state index in [9.17, 15) is 4.39 Å². The molecule has 1 aromatic rings. The Morgan fingerprint density at radius 2 is 2.17 bits per heavy atom. The van der Waals surface area contributed by atoms with Gasteiger partial charge in [0.25, 0.3) is 0 Å². The van der Waals surface area contributed by atoms with Crippen molar-refractivity contribution in [3.63, 3.8) is 0 Å². The Hall–Kier alpha value is -1.58. The van der Waals surface area contributed by atoms with Crippen molar-refractivity contribution in [2.45, 2.75) is 38.3 Å². The van der Waals surface area contributed by atoms with E-state index in [1.54, 1.807) is 13.0 Å². The Morgan fingerprint density at radius 3 is 2.78 bits per heavy atom. The Labute approximate surface area is 106 Å². The van der Waals surface area contributed by atoms with E-state index in [0.29, 0.717) is 24.1 Å². The SMILES string of the molecule is Cc1ccc(C2(C)CN=C(N)N2C2CC2)cc1F. The number of aliphatic imine (C=N–C) groups is 1. The van der Waals surface area contributed by atoms with E-state index in [1.165, 1.54) is 0 Å². The summed E-state index contributed by atoms with van der Waals surface area (Å²) in [5.41, 5.74) is 7.32. The van der Waals surface area contributed by atoms with Crippen LogP contribution in [0, 0.1) is 12.7 Å². The third-order valence-electron chi connectivity index (χ3n) is 4.03. The number of benzene rings is 1. The molecule has 1 atom stereocenters. The highest BCUT2D eigenvalue weighted by atomic mass is 19.1. The molecule has 0 bridgehead atoms. The summed E-state index contributed by atoms with van der Waals surface area (Å²) in [6, 6.07) is 5.92. The molecule has 0 radical (unpaired) electrons. The summed E-state index contributed by atoms with van der Waals surface area (Å²) in [6.45, 7) is 4.48. The maximum atomic E-state index is 13.8. The highest BCUT2D eigenvalue weighted by Gasteiger charge is 2.46. The molecule has 4 heteroatoms. The molecule has 2 aliphatic rings. The van der Waals surface area contributed by atoms with Gasteiger partial charge in [0.05, 0.1) is 12.1 Å². The fourth-order valence-corrected chi connectivity index (χ4v) is 2.72. The molecule has 1 aliphatic heterocycles. The molecule has 1 aromatic carbocycles. The minimum atomic E-state index is -0.292. The lowest BCUT2D eigenvalue weighted by Gasteiger charge is -2.37. The molecule has 1 aliphatic carbocycles. The van der Waals surface area contributed by atoms with Gasteiger partial charge >= 0.3 is 0 Å². The van der Waals surface area contributed by atoms with Crippen LogP contribution in [0.3, 0.4) is 0 Å². The van der Waals surface area contributed by atoms with Gasteiger partial charge in [0.15, 0.2) is 5.96 Å². The summed E-state index contributed by atoms with van der Waals surface area (Å²) >= 11 is 0. The van der Waals surface area contributed by atoms with Crippen LogP contribution >= 0.6 is 0 Å². The average molecular weight is 247 g/mol. The van der Waals surface area contributed by atoms with Crippen molar-refractivity contribution in [2.75, 3.05) is 6.54 Å². The molecule has 0 aromatic heterocycles. The lowest BCUT2D eigenvalue weighted by atomic mass is 9.90. The van der Waals surface area contributed by atoms with Crippen molar-refractivity contribution >= 4 is 5.96 Å². The van der Waals surface area contributed by atoms with Crippen molar-refractivity contribution in [3.05, 3.63) is 35.1 Å². The van der Waals surface area contributed by atoms with Gasteiger partial charge in [-0.15, -0.1) is 0 Å². The van der Waals surface area contributed by atoms with Crippen LogP contribution in [0.2, 0.25) is 0 Å². The summed E-state index contributed by atoms with van der Waals surface area (Å²) in [5, 5.41) is 0. The molecule has 1 saturated carbocycles. The van der Waals surface area contributed by atoms with Crippen LogP contribution in [0.4, 0.5) is 4.39 Å². The Kier molecular flexibility index (Phi) is 2.37. The second-order valence-electron chi connectivity index (χ2n) is 5.51. The molecule has 0 amide bonds. The summed E-state index contributed by atoms with van der Waals surface area (Å²) < 4.78 is 13.8.